The summed E-state index contributed by atoms with van der Waals surface area (Å²) >= 11 is 0. The van der Waals surface area contributed by atoms with Crippen LogP contribution < -0.4 is 15.4 Å². The Labute approximate surface area is 266 Å². The molecule has 0 heterocycles. The second-order valence-electron chi connectivity index (χ2n) is 13.4. The number of hydrogen-bond acceptors (Lipinski definition) is 5. The average molecular weight is 633 g/mol. The Bertz CT molecular complexity index is 1670. The van der Waals surface area contributed by atoms with Crippen molar-refractivity contribution >= 4 is 27.6 Å². The molecular formula is C36H44N2O6S. The van der Waals surface area contributed by atoms with Gasteiger partial charge < -0.3 is 15.4 Å². The van der Waals surface area contributed by atoms with Gasteiger partial charge in [-0.25, -0.2) is 0 Å². The summed E-state index contributed by atoms with van der Waals surface area (Å²) in [5.74, 6) is 0.0146. The van der Waals surface area contributed by atoms with E-state index in [-0.39, 0.29) is 28.5 Å². The quantitative estimate of drug-likeness (QED) is 0.234. The number of hydrogen-bond donors (Lipinski definition) is 3. The number of benzene rings is 3. The third kappa shape index (κ3) is 6.51. The standard InChI is InChI=1S/C36H44N2O6S/c1-23(2)28-21-25-12-17-32-35(3,29(25)22-31(28)45(41,42)43)18-9-19-36(32,4)34(40)38-30(20-24-10-7-6-8-11-24)33(39)37-26-13-15-27(44-5)16-14-26/h6-8,10-11,13-16,21-23,30,32H,9,12,17-20H2,1-5H3,(H,37,39)(H,38,40)(H,41,42,43)/t30-,32+,35+,36+/m0/s1. The summed E-state index contributed by atoms with van der Waals surface area (Å²) in [6.45, 7) is 7.95. The first-order valence-corrected chi connectivity index (χ1v) is 17.1. The monoisotopic (exact) mass is 632 g/mol. The summed E-state index contributed by atoms with van der Waals surface area (Å²) in [5, 5.41) is 6.10. The number of carbonyl (C=O) groups excluding carboxylic acids is 2. The lowest BCUT2D eigenvalue weighted by atomic mass is 9.49. The van der Waals surface area contributed by atoms with Crippen LogP contribution in [0.4, 0.5) is 5.69 Å². The fourth-order valence-electron chi connectivity index (χ4n) is 7.75. The zero-order valence-corrected chi connectivity index (χ0v) is 27.5. The molecule has 2 aliphatic carbocycles. The molecule has 240 valence electrons. The Kier molecular flexibility index (Phi) is 9.16. The molecule has 3 aromatic rings. The molecule has 0 saturated heterocycles. The first-order chi connectivity index (χ1) is 21.3. The van der Waals surface area contributed by atoms with Gasteiger partial charge in [0, 0.05) is 12.1 Å². The lowest BCUT2D eigenvalue weighted by Crippen LogP contribution is -2.58. The Morgan fingerprint density at radius 2 is 1.71 bits per heavy atom. The molecule has 0 spiro atoms. The number of rotatable bonds is 9. The predicted octanol–water partition coefficient (Wildman–Crippen LogP) is 6.44. The molecule has 3 N–H and O–H groups in total. The fourth-order valence-corrected chi connectivity index (χ4v) is 8.61. The van der Waals surface area contributed by atoms with Gasteiger partial charge in [0.2, 0.25) is 11.8 Å². The predicted molar refractivity (Wildman–Crippen MR) is 175 cm³/mol. The van der Waals surface area contributed by atoms with E-state index < -0.39 is 27.0 Å². The van der Waals surface area contributed by atoms with E-state index in [0.29, 0.717) is 36.3 Å². The summed E-state index contributed by atoms with van der Waals surface area (Å²) in [6, 6.07) is 19.5. The van der Waals surface area contributed by atoms with Gasteiger partial charge in [-0.15, -0.1) is 0 Å². The molecule has 4 atom stereocenters. The molecule has 3 aromatic carbocycles. The maximum atomic E-state index is 14.4. The minimum absolute atomic E-state index is 0.0482. The van der Waals surface area contributed by atoms with Gasteiger partial charge in [-0.05, 0) is 95.5 Å². The lowest BCUT2D eigenvalue weighted by Gasteiger charge is -2.54. The highest BCUT2D eigenvalue weighted by Crippen LogP contribution is 2.58. The smallest absolute Gasteiger partial charge is 0.294 e. The summed E-state index contributed by atoms with van der Waals surface area (Å²) in [7, 11) is -2.86. The van der Waals surface area contributed by atoms with Gasteiger partial charge in [-0.2, -0.15) is 8.42 Å². The Hall–Kier alpha value is -3.69. The van der Waals surface area contributed by atoms with Gasteiger partial charge in [0.05, 0.1) is 17.4 Å². The van der Waals surface area contributed by atoms with Crippen molar-refractivity contribution in [1.29, 1.82) is 0 Å². The van der Waals surface area contributed by atoms with E-state index in [1.165, 1.54) is 0 Å². The van der Waals surface area contributed by atoms with Crippen molar-refractivity contribution in [1.82, 2.24) is 5.32 Å². The van der Waals surface area contributed by atoms with Gasteiger partial charge >= 0.3 is 0 Å². The van der Waals surface area contributed by atoms with E-state index in [4.69, 9.17) is 4.74 Å². The highest BCUT2D eigenvalue weighted by Gasteiger charge is 2.55. The molecule has 9 heteroatoms. The first-order valence-electron chi connectivity index (χ1n) is 15.7. The van der Waals surface area contributed by atoms with Crippen LogP contribution in [0.25, 0.3) is 0 Å². The van der Waals surface area contributed by atoms with Crippen molar-refractivity contribution in [2.24, 2.45) is 11.3 Å². The zero-order chi connectivity index (χ0) is 32.6. The van der Waals surface area contributed by atoms with Crippen LogP contribution in [0.2, 0.25) is 0 Å². The Morgan fingerprint density at radius 1 is 1.02 bits per heavy atom. The van der Waals surface area contributed by atoms with Crippen LogP contribution in [0.1, 0.15) is 81.5 Å². The SMILES string of the molecule is COc1ccc(NC(=O)[C@H](Cc2ccccc2)NC(=O)[C@]2(C)CCC[C@]3(C)c4cc(S(=O)(=O)O)c(C(C)C)cc4CC[C@@H]23)cc1. The van der Waals surface area contributed by atoms with Crippen molar-refractivity contribution < 1.29 is 27.3 Å². The van der Waals surface area contributed by atoms with Crippen LogP contribution in [-0.4, -0.2) is 37.9 Å². The summed E-state index contributed by atoms with van der Waals surface area (Å²) in [4.78, 5) is 28.0. The molecule has 0 radical (unpaired) electrons. The number of amides is 2. The third-order valence-corrected chi connectivity index (χ3v) is 11.1. The van der Waals surface area contributed by atoms with Gasteiger partial charge in [0.1, 0.15) is 11.8 Å². The van der Waals surface area contributed by atoms with Crippen molar-refractivity contribution in [2.75, 3.05) is 12.4 Å². The van der Waals surface area contributed by atoms with Gasteiger partial charge in [-0.3, -0.25) is 14.1 Å². The number of nitrogens with one attached hydrogen (secondary N) is 2. The Morgan fingerprint density at radius 3 is 2.33 bits per heavy atom. The van der Waals surface area contributed by atoms with Gasteiger partial charge in [-0.1, -0.05) is 70.5 Å². The second-order valence-corrected chi connectivity index (χ2v) is 14.8. The van der Waals surface area contributed by atoms with Crippen molar-refractivity contribution in [3.63, 3.8) is 0 Å². The number of anilines is 1. The number of aryl methyl sites for hydroxylation is 1. The molecule has 1 saturated carbocycles. The molecule has 8 nitrogen and oxygen atoms in total. The van der Waals surface area contributed by atoms with Crippen molar-refractivity contribution in [2.45, 2.75) is 88.5 Å². The largest absolute Gasteiger partial charge is 0.497 e. The molecule has 0 bridgehead atoms. The van der Waals surface area contributed by atoms with E-state index in [0.717, 1.165) is 36.0 Å². The van der Waals surface area contributed by atoms with Crippen LogP contribution in [0.3, 0.4) is 0 Å². The lowest BCUT2D eigenvalue weighted by molar-refractivity contribution is -0.141. The highest BCUT2D eigenvalue weighted by molar-refractivity contribution is 7.85. The number of methoxy groups -OCH3 is 1. The molecule has 0 aromatic heterocycles. The molecule has 5 rings (SSSR count). The number of fused-ring (bicyclic) bond motifs is 3. The number of ether oxygens (including phenoxy) is 1. The maximum absolute atomic E-state index is 14.4. The zero-order valence-electron chi connectivity index (χ0n) is 26.7. The van der Waals surface area contributed by atoms with Gasteiger partial charge in [0.15, 0.2) is 0 Å². The number of carbonyl (C=O) groups is 2. The summed E-state index contributed by atoms with van der Waals surface area (Å²) in [5.41, 5.74) is 2.84. The van der Waals surface area contributed by atoms with E-state index in [9.17, 15) is 22.6 Å². The third-order valence-electron chi connectivity index (χ3n) is 10.2. The molecular weight excluding hydrogens is 588 g/mol. The maximum Gasteiger partial charge on any atom is 0.294 e. The molecule has 45 heavy (non-hydrogen) atoms. The summed E-state index contributed by atoms with van der Waals surface area (Å²) in [6.07, 6.45) is 4.01. The first kappa shape index (κ1) is 32.7. The minimum Gasteiger partial charge on any atom is -0.497 e. The molecule has 2 amide bonds. The average Bonchev–Trinajstić information content (AvgIpc) is 3.00. The van der Waals surface area contributed by atoms with Gasteiger partial charge in [0.25, 0.3) is 10.1 Å². The van der Waals surface area contributed by atoms with Crippen LogP contribution >= 0.6 is 0 Å². The van der Waals surface area contributed by atoms with E-state index in [1.807, 2.05) is 57.2 Å². The van der Waals surface area contributed by atoms with E-state index >= 15 is 0 Å². The Balaban J connectivity index is 1.46. The molecule has 2 aliphatic rings. The van der Waals surface area contributed by atoms with E-state index in [2.05, 4.69) is 17.6 Å². The summed E-state index contributed by atoms with van der Waals surface area (Å²) < 4.78 is 40.4. The van der Waals surface area contributed by atoms with Crippen molar-refractivity contribution in [3.05, 3.63) is 89.0 Å². The normalized spacial score (nSPS) is 23.4. The second kappa shape index (κ2) is 12.6. The van der Waals surface area contributed by atoms with Crippen molar-refractivity contribution in [3.8, 4) is 5.75 Å². The van der Waals surface area contributed by atoms with Crippen LogP contribution in [0.15, 0.2) is 71.6 Å². The molecule has 1 fully saturated rings. The van der Waals surface area contributed by atoms with E-state index in [1.54, 1.807) is 37.4 Å². The highest BCUT2D eigenvalue weighted by atomic mass is 32.2. The molecule has 0 unspecified atom stereocenters. The minimum atomic E-state index is -4.44. The van der Waals surface area contributed by atoms with Crippen LogP contribution in [0, 0.1) is 11.3 Å². The fraction of sp³-hybridized carbons (Fsp3) is 0.444. The van der Waals surface area contributed by atoms with Crippen LogP contribution in [0.5, 0.6) is 5.75 Å². The molecule has 0 aliphatic heterocycles. The van der Waals surface area contributed by atoms with Crippen LogP contribution in [-0.2, 0) is 38.0 Å². The topological polar surface area (TPSA) is 122 Å².